The number of benzene rings is 2. The number of aliphatic imine (C=N–C) groups is 1. The molecule has 0 amide bonds. The largest absolute Gasteiger partial charge is 0.499 e. The molecule has 29 heavy (non-hydrogen) atoms. The van der Waals surface area contributed by atoms with Crippen LogP contribution in [0.25, 0.3) is 17.1 Å². The second kappa shape index (κ2) is 7.44. The first-order valence-corrected chi connectivity index (χ1v) is 7.95. The molecule has 0 N–H and O–H groups in total. The van der Waals surface area contributed by atoms with Crippen molar-refractivity contribution in [2.45, 2.75) is 19.2 Å². The average molecular weight is 410 g/mol. The molecule has 3 rings (SSSR count). The molecule has 0 fully saturated rings. The first-order chi connectivity index (χ1) is 13.6. The summed E-state index contributed by atoms with van der Waals surface area (Å²) in [6.07, 6.45) is -8.34. The quantitative estimate of drug-likeness (QED) is 0.346. The Hall–Kier alpha value is -3.59. The molecule has 1 aromatic heterocycles. The van der Waals surface area contributed by atoms with Gasteiger partial charge in [0.2, 0.25) is 6.08 Å². The highest BCUT2D eigenvalue weighted by atomic mass is 19.4. The van der Waals surface area contributed by atoms with Crippen molar-refractivity contribution >= 4 is 11.8 Å². The van der Waals surface area contributed by atoms with Crippen molar-refractivity contribution in [3.63, 3.8) is 0 Å². The van der Waals surface area contributed by atoms with Crippen LogP contribution in [0.1, 0.15) is 5.56 Å². The number of hydrogen-bond donors (Lipinski definition) is 0. The second-order valence-corrected chi connectivity index (χ2v) is 5.83. The summed E-state index contributed by atoms with van der Waals surface area (Å²) in [4.78, 5) is 18.2. The molecule has 0 spiro atoms. The number of carbonyl (C=O) groups excluding carboxylic acids is 1. The molecular weight excluding hydrogens is 399 g/mol. The average Bonchev–Trinajstić information content (AvgIpc) is 3.13. The molecule has 0 saturated heterocycles. The molecule has 0 unspecified atom stereocenters. The van der Waals surface area contributed by atoms with Crippen molar-refractivity contribution in [1.29, 1.82) is 0 Å². The Morgan fingerprint density at radius 1 is 1.07 bits per heavy atom. The number of aromatic nitrogens is 3. The second-order valence-electron chi connectivity index (χ2n) is 5.83. The van der Waals surface area contributed by atoms with E-state index in [-0.39, 0.29) is 5.82 Å². The first kappa shape index (κ1) is 20.2. The van der Waals surface area contributed by atoms with Crippen molar-refractivity contribution in [3.05, 3.63) is 54.4 Å². The van der Waals surface area contributed by atoms with Crippen LogP contribution in [0.15, 0.2) is 53.8 Å². The van der Waals surface area contributed by atoms with Gasteiger partial charge in [0.05, 0.1) is 11.4 Å². The summed E-state index contributed by atoms with van der Waals surface area (Å²) >= 11 is 0. The fourth-order valence-electron chi connectivity index (χ4n) is 2.31. The molecule has 3 aromatic rings. The number of alkyl halides is 5. The zero-order chi connectivity index (χ0) is 21.2. The summed E-state index contributed by atoms with van der Waals surface area (Å²) < 4.78 is 67.5. The number of rotatable bonds is 5. The molecule has 0 bridgehead atoms. The van der Waals surface area contributed by atoms with Crippen LogP contribution in [0, 0.1) is 6.92 Å². The van der Waals surface area contributed by atoms with E-state index < -0.39 is 18.0 Å². The van der Waals surface area contributed by atoms with Crippen LogP contribution in [-0.2, 0) is 4.79 Å². The van der Waals surface area contributed by atoms with Gasteiger partial charge in [-0.3, -0.25) is 0 Å². The maximum absolute atomic E-state index is 12.9. The zero-order valence-corrected chi connectivity index (χ0v) is 14.6. The van der Waals surface area contributed by atoms with Gasteiger partial charge in [-0.05, 0) is 42.8 Å². The van der Waals surface area contributed by atoms with Crippen molar-refractivity contribution in [2.75, 3.05) is 0 Å². The van der Waals surface area contributed by atoms with Crippen LogP contribution >= 0.6 is 0 Å². The van der Waals surface area contributed by atoms with Gasteiger partial charge in [0.15, 0.2) is 5.82 Å². The molecular formula is C18H11F5N4O2. The zero-order valence-electron chi connectivity index (χ0n) is 14.6. The molecule has 0 radical (unpaired) electrons. The minimum absolute atomic E-state index is 0.288. The van der Waals surface area contributed by atoms with Crippen molar-refractivity contribution < 1.29 is 31.5 Å². The van der Waals surface area contributed by atoms with E-state index in [9.17, 15) is 26.7 Å². The molecule has 0 aliphatic carbocycles. The molecule has 2 aromatic carbocycles. The van der Waals surface area contributed by atoms with Crippen molar-refractivity contribution in [2.24, 2.45) is 4.99 Å². The Bertz CT molecular complexity index is 1070. The molecule has 6 nitrogen and oxygen atoms in total. The highest BCUT2D eigenvalue weighted by Crippen LogP contribution is 2.37. The molecule has 0 atom stereocenters. The number of isocyanates is 1. The Labute approximate surface area is 160 Å². The summed E-state index contributed by atoms with van der Waals surface area (Å²) in [5, 5.41) is 4.22. The van der Waals surface area contributed by atoms with Gasteiger partial charge in [-0.15, -0.1) is 5.10 Å². The van der Waals surface area contributed by atoms with Gasteiger partial charge in [-0.2, -0.15) is 26.9 Å². The third kappa shape index (κ3) is 4.30. The van der Waals surface area contributed by atoms with E-state index in [4.69, 9.17) is 0 Å². The molecule has 0 aliphatic heterocycles. The van der Waals surface area contributed by atoms with E-state index in [1.807, 2.05) is 0 Å². The van der Waals surface area contributed by atoms with Gasteiger partial charge < -0.3 is 4.74 Å². The first-order valence-electron chi connectivity index (χ1n) is 7.95. The van der Waals surface area contributed by atoms with Gasteiger partial charge in [-0.25, -0.2) is 14.5 Å². The van der Waals surface area contributed by atoms with E-state index in [1.54, 1.807) is 25.1 Å². The predicted molar refractivity (Wildman–Crippen MR) is 90.9 cm³/mol. The lowest BCUT2D eigenvalue weighted by atomic mass is 10.1. The molecule has 11 heteroatoms. The van der Waals surface area contributed by atoms with Crippen LogP contribution in [0.4, 0.5) is 27.6 Å². The van der Waals surface area contributed by atoms with Gasteiger partial charge >= 0.3 is 12.3 Å². The third-order valence-corrected chi connectivity index (χ3v) is 3.80. The van der Waals surface area contributed by atoms with Crippen LogP contribution in [0.5, 0.6) is 5.75 Å². The predicted octanol–water partition coefficient (Wildman–Crippen LogP) is 4.74. The smallest absolute Gasteiger partial charge is 0.426 e. The van der Waals surface area contributed by atoms with Gasteiger partial charge in [0.25, 0.3) is 0 Å². The van der Waals surface area contributed by atoms with Crippen LogP contribution in [0.2, 0.25) is 0 Å². The maximum atomic E-state index is 12.9. The fraction of sp³-hybridized carbons (Fsp3) is 0.167. The number of hydrogen-bond acceptors (Lipinski definition) is 5. The maximum Gasteiger partial charge on any atom is 0.499 e. The van der Waals surface area contributed by atoms with Crippen molar-refractivity contribution in [1.82, 2.24) is 14.8 Å². The minimum atomic E-state index is -5.83. The van der Waals surface area contributed by atoms with Gasteiger partial charge in [-0.1, -0.05) is 12.1 Å². The Balaban J connectivity index is 1.82. The number of ether oxygens (including phenoxy) is 1. The lowest BCUT2D eigenvalue weighted by Crippen LogP contribution is -2.41. The lowest BCUT2D eigenvalue weighted by molar-refractivity contribution is -0.360. The van der Waals surface area contributed by atoms with E-state index in [0.717, 1.165) is 17.7 Å². The number of aryl methyl sites for hydroxylation is 1. The summed E-state index contributed by atoms with van der Waals surface area (Å²) in [5.74, 6) is -0.373. The summed E-state index contributed by atoms with van der Waals surface area (Å²) in [6, 6.07) is 9.44. The summed E-state index contributed by atoms with van der Waals surface area (Å²) in [6.45, 7) is 1.76. The molecule has 0 saturated carbocycles. The van der Waals surface area contributed by atoms with Crippen LogP contribution < -0.4 is 4.74 Å². The highest BCUT2D eigenvalue weighted by Gasteiger charge is 2.61. The van der Waals surface area contributed by atoms with Gasteiger partial charge in [0, 0.05) is 5.56 Å². The van der Waals surface area contributed by atoms with Crippen LogP contribution in [0.3, 0.4) is 0 Å². The summed E-state index contributed by atoms with van der Waals surface area (Å²) in [7, 11) is 0. The normalized spacial score (nSPS) is 11.8. The minimum Gasteiger partial charge on any atom is -0.426 e. The lowest BCUT2D eigenvalue weighted by Gasteiger charge is -2.20. The van der Waals surface area contributed by atoms with E-state index >= 15 is 0 Å². The van der Waals surface area contributed by atoms with Gasteiger partial charge in [0.1, 0.15) is 12.1 Å². The van der Waals surface area contributed by atoms with E-state index in [2.05, 4.69) is 19.8 Å². The van der Waals surface area contributed by atoms with Crippen LogP contribution in [-0.4, -0.2) is 33.1 Å². The standard InChI is InChI=1S/C18H11F5N4O2/c1-11-2-3-12(8-15(11)25-10-28)16-24-9-27(26-16)13-4-6-14(7-5-13)29-18(22,23)17(19,20)21/h2-9H,1H3. The molecule has 0 aliphatic rings. The van der Waals surface area contributed by atoms with Crippen molar-refractivity contribution in [3.8, 4) is 22.8 Å². The number of halogens is 5. The SMILES string of the molecule is Cc1ccc(-c2ncn(-c3ccc(OC(F)(F)C(F)(F)F)cc3)n2)cc1N=C=O. The Morgan fingerprint density at radius 3 is 2.38 bits per heavy atom. The Kier molecular flexibility index (Phi) is 5.17. The topological polar surface area (TPSA) is 69.4 Å². The fourth-order valence-corrected chi connectivity index (χ4v) is 2.31. The van der Waals surface area contributed by atoms with E-state index in [1.165, 1.54) is 29.2 Å². The molecule has 1 heterocycles. The Morgan fingerprint density at radius 2 is 1.76 bits per heavy atom. The third-order valence-electron chi connectivity index (χ3n) is 3.80. The highest BCUT2D eigenvalue weighted by molar-refractivity contribution is 5.65. The monoisotopic (exact) mass is 410 g/mol. The summed E-state index contributed by atoms with van der Waals surface area (Å²) in [5.41, 5.74) is 2.07. The number of nitrogens with zero attached hydrogens (tertiary/aromatic N) is 4. The van der Waals surface area contributed by atoms with E-state index in [0.29, 0.717) is 16.9 Å². The molecule has 150 valence electrons.